The maximum absolute atomic E-state index is 11.4. The minimum Gasteiger partial charge on any atom is -0.414 e. The number of nitro groups is 1. The Balaban J connectivity index is 2.25. The lowest BCUT2D eigenvalue weighted by atomic mass is 9.73. The molecule has 0 spiro atoms. The molecule has 0 aromatic rings. The molecule has 1 N–H and O–H groups in total. The molecule has 154 valence electrons. The maximum Gasteiger partial charge on any atom is 0.207 e. The van der Waals surface area contributed by atoms with Crippen molar-refractivity contribution in [2.45, 2.75) is 77.3 Å². The standard InChI is InChI=1S/C21H37NO4Si/c1-9-21(23)14-16(26-27(7,8)19(2,3)4)18-17(20(18,5)6)15(21)12-10-11-13-22(24)25/h9-10,12,15-18,23H,1,11,13-14H2,2-8H3/b12-10-/t15-,16+,17-,18+,21+/m0/s1. The molecule has 0 aliphatic heterocycles. The third-order valence-corrected chi connectivity index (χ3v) is 11.8. The molecule has 2 saturated carbocycles. The summed E-state index contributed by atoms with van der Waals surface area (Å²) in [5, 5.41) is 22.1. The Morgan fingerprint density at radius 2 is 1.93 bits per heavy atom. The van der Waals surface area contributed by atoms with Crippen LogP contribution in [0, 0.1) is 33.3 Å². The first-order chi connectivity index (χ1) is 12.2. The van der Waals surface area contributed by atoms with Crippen molar-refractivity contribution in [2.24, 2.45) is 23.2 Å². The molecule has 2 rings (SSSR count). The van der Waals surface area contributed by atoms with E-state index in [9.17, 15) is 15.2 Å². The predicted molar refractivity (Wildman–Crippen MR) is 112 cm³/mol. The van der Waals surface area contributed by atoms with Crippen LogP contribution in [0.3, 0.4) is 0 Å². The fourth-order valence-electron chi connectivity index (χ4n) is 4.61. The van der Waals surface area contributed by atoms with Crippen molar-refractivity contribution in [1.29, 1.82) is 0 Å². The first kappa shape index (κ1) is 22.3. The molecular formula is C21H37NO4Si. The van der Waals surface area contributed by atoms with Gasteiger partial charge in [-0.05, 0) is 35.4 Å². The van der Waals surface area contributed by atoms with Crippen LogP contribution in [0.2, 0.25) is 18.1 Å². The Kier molecular flexibility index (Phi) is 5.88. The molecule has 2 fully saturated rings. The van der Waals surface area contributed by atoms with Crippen molar-refractivity contribution in [3.8, 4) is 0 Å². The third kappa shape index (κ3) is 4.22. The van der Waals surface area contributed by atoms with E-state index in [4.69, 9.17) is 4.43 Å². The topological polar surface area (TPSA) is 72.6 Å². The van der Waals surface area contributed by atoms with Gasteiger partial charge < -0.3 is 9.53 Å². The van der Waals surface area contributed by atoms with Crippen molar-refractivity contribution in [2.75, 3.05) is 6.54 Å². The van der Waals surface area contributed by atoms with Crippen LogP contribution >= 0.6 is 0 Å². The molecule has 5 atom stereocenters. The molecule has 6 heteroatoms. The summed E-state index contributed by atoms with van der Waals surface area (Å²) in [6.45, 7) is 19.5. The van der Waals surface area contributed by atoms with E-state index in [1.54, 1.807) is 6.08 Å². The predicted octanol–water partition coefficient (Wildman–Crippen LogP) is 4.81. The molecule has 0 amide bonds. The van der Waals surface area contributed by atoms with Gasteiger partial charge in [0.15, 0.2) is 8.32 Å². The zero-order valence-electron chi connectivity index (χ0n) is 18.0. The van der Waals surface area contributed by atoms with E-state index < -0.39 is 13.9 Å². The summed E-state index contributed by atoms with van der Waals surface area (Å²) in [6, 6.07) is 0. The minimum absolute atomic E-state index is 0.0253. The number of hydrogen-bond acceptors (Lipinski definition) is 4. The van der Waals surface area contributed by atoms with Crippen molar-refractivity contribution in [1.82, 2.24) is 0 Å². The molecule has 0 saturated heterocycles. The molecule has 2 aliphatic carbocycles. The van der Waals surface area contributed by atoms with Gasteiger partial charge in [-0.2, -0.15) is 0 Å². The highest BCUT2D eigenvalue weighted by molar-refractivity contribution is 6.74. The maximum atomic E-state index is 11.4. The van der Waals surface area contributed by atoms with E-state index in [1.165, 1.54) is 0 Å². The Morgan fingerprint density at radius 1 is 1.33 bits per heavy atom. The number of hydrogen-bond donors (Lipinski definition) is 1. The third-order valence-electron chi connectivity index (χ3n) is 7.32. The lowest BCUT2D eigenvalue weighted by molar-refractivity contribution is -0.478. The van der Waals surface area contributed by atoms with E-state index >= 15 is 0 Å². The second-order valence-corrected chi connectivity index (χ2v) is 15.2. The van der Waals surface area contributed by atoms with Gasteiger partial charge in [-0.15, -0.1) is 6.58 Å². The molecule has 0 aromatic carbocycles. The highest BCUT2D eigenvalue weighted by Gasteiger charge is 2.70. The number of aliphatic hydroxyl groups is 1. The summed E-state index contributed by atoms with van der Waals surface area (Å²) in [4.78, 5) is 10.3. The number of nitrogens with zero attached hydrogens (tertiary/aromatic N) is 1. The van der Waals surface area contributed by atoms with Crippen LogP contribution in [0.4, 0.5) is 0 Å². The van der Waals surface area contributed by atoms with Crippen LogP contribution in [0.25, 0.3) is 0 Å². The lowest BCUT2D eigenvalue weighted by Gasteiger charge is -2.45. The average Bonchev–Trinajstić information content (AvgIpc) is 3.07. The molecule has 0 bridgehead atoms. The van der Waals surface area contributed by atoms with Crippen LogP contribution in [0.1, 0.15) is 47.5 Å². The Hall–Kier alpha value is -0.983. The van der Waals surface area contributed by atoms with Crippen LogP contribution in [-0.2, 0) is 4.43 Å². The van der Waals surface area contributed by atoms with Gasteiger partial charge in [0, 0.05) is 23.7 Å². The van der Waals surface area contributed by atoms with Gasteiger partial charge in [-0.3, -0.25) is 10.1 Å². The fourth-order valence-corrected chi connectivity index (χ4v) is 5.95. The molecule has 0 aromatic heterocycles. The van der Waals surface area contributed by atoms with Gasteiger partial charge in [-0.25, -0.2) is 0 Å². The van der Waals surface area contributed by atoms with Crippen LogP contribution in [0.15, 0.2) is 24.8 Å². The summed E-state index contributed by atoms with van der Waals surface area (Å²) >= 11 is 0. The number of fused-ring (bicyclic) bond motifs is 1. The van der Waals surface area contributed by atoms with E-state index in [0.717, 1.165) is 0 Å². The van der Waals surface area contributed by atoms with Gasteiger partial charge in [0.2, 0.25) is 6.54 Å². The fraction of sp³-hybridized carbons (Fsp3) is 0.810. The van der Waals surface area contributed by atoms with E-state index in [-0.39, 0.29) is 33.9 Å². The zero-order chi connectivity index (χ0) is 20.8. The molecule has 5 nitrogen and oxygen atoms in total. The lowest BCUT2D eigenvalue weighted by Crippen LogP contribution is -2.51. The van der Waals surface area contributed by atoms with Crippen molar-refractivity contribution in [3.05, 3.63) is 34.9 Å². The highest BCUT2D eigenvalue weighted by Crippen LogP contribution is 2.70. The van der Waals surface area contributed by atoms with Gasteiger partial charge in [0.25, 0.3) is 0 Å². The SMILES string of the molecule is C=C[C@@]1(O)C[C@@H](O[Si](C)(C)C(C)(C)C)[C@@H]2[C@H]([C@@H]1/C=C\CC[N+](=O)[O-])C2(C)C. The molecule has 2 aliphatic rings. The summed E-state index contributed by atoms with van der Waals surface area (Å²) < 4.78 is 6.75. The van der Waals surface area contributed by atoms with Crippen molar-refractivity contribution < 1.29 is 14.5 Å². The smallest absolute Gasteiger partial charge is 0.207 e. The second kappa shape index (κ2) is 7.12. The van der Waals surface area contributed by atoms with Crippen molar-refractivity contribution in [3.63, 3.8) is 0 Å². The van der Waals surface area contributed by atoms with Crippen LogP contribution in [-0.4, -0.2) is 36.6 Å². The van der Waals surface area contributed by atoms with Gasteiger partial charge in [-0.1, -0.05) is 52.8 Å². The molecule has 27 heavy (non-hydrogen) atoms. The Bertz CT molecular complexity index is 622. The van der Waals surface area contributed by atoms with Gasteiger partial charge in [0.1, 0.15) is 0 Å². The monoisotopic (exact) mass is 395 g/mol. The van der Waals surface area contributed by atoms with Crippen LogP contribution in [0.5, 0.6) is 0 Å². The number of rotatable bonds is 7. The Morgan fingerprint density at radius 3 is 2.41 bits per heavy atom. The van der Waals surface area contributed by atoms with E-state index in [2.05, 4.69) is 54.3 Å². The van der Waals surface area contributed by atoms with Gasteiger partial charge in [0.05, 0.1) is 11.7 Å². The summed E-state index contributed by atoms with van der Waals surface area (Å²) in [5.74, 6) is 0.633. The first-order valence-electron chi connectivity index (χ1n) is 9.99. The Labute approximate surface area is 165 Å². The zero-order valence-corrected chi connectivity index (χ0v) is 19.0. The summed E-state index contributed by atoms with van der Waals surface area (Å²) in [6.07, 6.45) is 6.44. The first-order valence-corrected chi connectivity index (χ1v) is 12.9. The summed E-state index contributed by atoms with van der Waals surface area (Å²) in [7, 11) is -1.95. The second-order valence-electron chi connectivity index (χ2n) is 10.5. The van der Waals surface area contributed by atoms with Gasteiger partial charge >= 0.3 is 0 Å². The molecule has 0 radical (unpaired) electrons. The largest absolute Gasteiger partial charge is 0.414 e. The normalized spacial score (nSPS) is 35.7. The van der Waals surface area contributed by atoms with E-state index in [1.807, 2.05) is 12.2 Å². The quantitative estimate of drug-likeness (QED) is 0.291. The minimum atomic E-state index is -1.95. The average molecular weight is 396 g/mol. The molecule has 0 unspecified atom stereocenters. The summed E-state index contributed by atoms with van der Waals surface area (Å²) in [5.41, 5.74) is -0.953. The molecular weight excluding hydrogens is 358 g/mol. The van der Waals surface area contributed by atoms with Crippen molar-refractivity contribution >= 4 is 8.32 Å². The highest BCUT2D eigenvalue weighted by atomic mass is 28.4. The molecule has 0 heterocycles. The van der Waals surface area contributed by atoms with E-state index in [0.29, 0.717) is 24.7 Å². The van der Waals surface area contributed by atoms with Crippen LogP contribution < -0.4 is 0 Å².